The minimum Gasteiger partial charge on any atom is -0.310 e. The molecule has 1 rings (SSSR count). The van der Waals surface area contributed by atoms with Crippen LogP contribution in [0.4, 0.5) is 19.0 Å². The molecule has 0 fully saturated rings. The molecule has 4 nitrogen and oxygen atoms in total. The summed E-state index contributed by atoms with van der Waals surface area (Å²) < 4.78 is 37.5. The molecule has 1 aromatic heterocycles. The highest BCUT2D eigenvalue weighted by atomic mass is 35.5. The van der Waals surface area contributed by atoms with E-state index >= 15 is 0 Å². The average molecular weight is 242 g/mol. The number of alkyl halides is 4. The number of nitrogens with one attached hydrogen (secondary N) is 1. The molecule has 0 unspecified atom stereocenters. The molecule has 0 atom stereocenters. The number of anilines is 1. The van der Waals surface area contributed by atoms with Crippen LogP contribution in [0.15, 0.2) is 6.07 Å². The first-order valence-electron chi connectivity index (χ1n) is 3.81. The van der Waals surface area contributed by atoms with Gasteiger partial charge in [0.05, 0.1) is 0 Å². The van der Waals surface area contributed by atoms with Gasteiger partial charge in [0, 0.05) is 13.1 Å². The first kappa shape index (κ1) is 11.8. The number of aryl methyl sites for hydroxylation is 1. The number of rotatable bonds is 2. The maximum atomic E-state index is 12.2. The molecule has 1 aromatic rings. The highest BCUT2D eigenvalue weighted by molar-refractivity contribution is 6.29. The summed E-state index contributed by atoms with van der Waals surface area (Å²) in [7, 11) is 1.29. The van der Waals surface area contributed by atoms with Crippen LogP contribution in [-0.2, 0) is 18.0 Å². The molecule has 0 bridgehead atoms. The predicted octanol–water partition coefficient (Wildman–Crippen LogP) is 1.62. The third-order valence-electron chi connectivity index (χ3n) is 1.56. The van der Waals surface area contributed by atoms with Gasteiger partial charge in [0.15, 0.2) is 5.69 Å². The first-order chi connectivity index (χ1) is 6.84. The van der Waals surface area contributed by atoms with E-state index in [0.717, 1.165) is 10.7 Å². The fourth-order valence-electron chi connectivity index (χ4n) is 0.899. The topological polar surface area (TPSA) is 46.9 Å². The zero-order valence-corrected chi connectivity index (χ0v) is 8.35. The van der Waals surface area contributed by atoms with Crippen LogP contribution < -0.4 is 5.32 Å². The smallest absolute Gasteiger partial charge is 0.310 e. The lowest BCUT2D eigenvalue weighted by molar-refractivity contribution is -0.141. The van der Waals surface area contributed by atoms with Gasteiger partial charge in [0.2, 0.25) is 5.91 Å². The Kier molecular flexibility index (Phi) is 3.23. The minimum absolute atomic E-state index is 0.0482. The van der Waals surface area contributed by atoms with Crippen molar-refractivity contribution in [3.63, 3.8) is 0 Å². The zero-order chi connectivity index (χ0) is 11.6. The number of aromatic nitrogens is 2. The van der Waals surface area contributed by atoms with Crippen molar-refractivity contribution in [2.75, 3.05) is 11.2 Å². The molecule has 1 amide bonds. The molecule has 1 N–H and O–H groups in total. The van der Waals surface area contributed by atoms with Crippen molar-refractivity contribution in [3.8, 4) is 0 Å². The van der Waals surface area contributed by atoms with Crippen LogP contribution in [0.3, 0.4) is 0 Å². The fourth-order valence-corrected chi connectivity index (χ4v) is 0.966. The SMILES string of the molecule is Cn1nc(C(F)(F)F)cc1NC(=O)CCl. The molecule has 15 heavy (non-hydrogen) atoms. The Morgan fingerprint density at radius 2 is 2.27 bits per heavy atom. The van der Waals surface area contributed by atoms with Crippen molar-refractivity contribution < 1.29 is 18.0 Å². The number of amides is 1. The number of carbonyl (C=O) groups is 1. The molecule has 0 radical (unpaired) electrons. The average Bonchev–Trinajstić information content (AvgIpc) is 2.47. The third-order valence-corrected chi connectivity index (χ3v) is 1.80. The van der Waals surface area contributed by atoms with E-state index in [-0.39, 0.29) is 11.7 Å². The largest absolute Gasteiger partial charge is 0.435 e. The second-order valence-corrected chi connectivity index (χ2v) is 2.99. The lowest BCUT2D eigenvalue weighted by atomic mass is 10.4. The van der Waals surface area contributed by atoms with Crippen LogP contribution in [-0.4, -0.2) is 21.6 Å². The Morgan fingerprint density at radius 3 is 2.67 bits per heavy atom. The summed E-state index contributed by atoms with van der Waals surface area (Å²) in [4.78, 5) is 10.8. The maximum Gasteiger partial charge on any atom is 0.435 e. The standard InChI is InChI=1S/C7H7ClF3N3O/c1-14-5(12-6(15)3-8)2-4(13-14)7(9,10)11/h2H,3H2,1H3,(H,12,15). The maximum absolute atomic E-state index is 12.2. The summed E-state index contributed by atoms with van der Waals surface area (Å²) in [6.45, 7) is 0. The van der Waals surface area contributed by atoms with E-state index in [2.05, 4.69) is 10.4 Å². The third kappa shape index (κ3) is 2.85. The van der Waals surface area contributed by atoms with E-state index in [1.165, 1.54) is 7.05 Å². The number of carbonyl (C=O) groups excluding carboxylic acids is 1. The van der Waals surface area contributed by atoms with Gasteiger partial charge in [-0.15, -0.1) is 11.6 Å². The number of hydrogen-bond donors (Lipinski definition) is 1. The van der Waals surface area contributed by atoms with E-state index < -0.39 is 17.8 Å². The van der Waals surface area contributed by atoms with Crippen LogP contribution in [0.2, 0.25) is 0 Å². The molecule has 1 heterocycles. The van der Waals surface area contributed by atoms with Crippen molar-refractivity contribution in [2.24, 2.45) is 7.05 Å². The van der Waals surface area contributed by atoms with E-state index in [1.54, 1.807) is 0 Å². The van der Waals surface area contributed by atoms with Crippen LogP contribution in [0.5, 0.6) is 0 Å². The number of hydrogen-bond acceptors (Lipinski definition) is 2. The van der Waals surface area contributed by atoms with Gasteiger partial charge in [-0.1, -0.05) is 0 Å². The molecule has 0 aliphatic heterocycles. The van der Waals surface area contributed by atoms with Crippen LogP contribution in [0.1, 0.15) is 5.69 Å². The fraction of sp³-hybridized carbons (Fsp3) is 0.429. The minimum atomic E-state index is -4.53. The van der Waals surface area contributed by atoms with Gasteiger partial charge >= 0.3 is 6.18 Å². The van der Waals surface area contributed by atoms with Crippen LogP contribution >= 0.6 is 11.6 Å². The second-order valence-electron chi connectivity index (χ2n) is 2.72. The second kappa shape index (κ2) is 4.09. The molecule has 0 saturated carbocycles. The Balaban J connectivity index is 2.92. The van der Waals surface area contributed by atoms with Crippen molar-refractivity contribution in [1.82, 2.24) is 9.78 Å². The Bertz CT molecular complexity index is 374. The first-order valence-corrected chi connectivity index (χ1v) is 4.35. The van der Waals surface area contributed by atoms with E-state index in [9.17, 15) is 18.0 Å². The normalized spacial score (nSPS) is 11.5. The van der Waals surface area contributed by atoms with Gasteiger partial charge in [-0.05, 0) is 0 Å². The number of halogens is 4. The Labute approximate surface area is 88.0 Å². The molecule has 8 heteroatoms. The summed E-state index contributed by atoms with van der Waals surface area (Å²) in [6, 6.07) is 0.741. The molecule has 84 valence electrons. The summed E-state index contributed by atoms with van der Waals surface area (Å²) in [5.41, 5.74) is -1.06. The number of nitrogens with zero attached hydrogens (tertiary/aromatic N) is 2. The van der Waals surface area contributed by atoms with Crippen molar-refractivity contribution in [1.29, 1.82) is 0 Å². The van der Waals surface area contributed by atoms with Crippen molar-refractivity contribution in [3.05, 3.63) is 11.8 Å². The van der Waals surface area contributed by atoms with E-state index in [0.29, 0.717) is 0 Å². The molecular formula is C7H7ClF3N3O. The molecule has 0 aliphatic carbocycles. The zero-order valence-electron chi connectivity index (χ0n) is 7.60. The van der Waals surface area contributed by atoms with E-state index in [1.807, 2.05) is 0 Å². The molecule has 0 aromatic carbocycles. The van der Waals surface area contributed by atoms with Crippen molar-refractivity contribution >= 4 is 23.3 Å². The van der Waals surface area contributed by atoms with Gasteiger partial charge < -0.3 is 5.32 Å². The predicted molar refractivity (Wildman–Crippen MR) is 47.6 cm³/mol. The highest BCUT2D eigenvalue weighted by Crippen LogP contribution is 2.29. The van der Waals surface area contributed by atoms with Crippen molar-refractivity contribution in [2.45, 2.75) is 6.18 Å². The van der Waals surface area contributed by atoms with Gasteiger partial charge in [-0.2, -0.15) is 18.3 Å². The lowest BCUT2D eigenvalue weighted by Crippen LogP contribution is -2.15. The van der Waals surface area contributed by atoms with Crippen LogP contribution in [0.25, 0.3) is 0 Å². The monoisotopic (exact) mass is 241 g/mol. The van der Waals surface area contributed by atoms with Gasteiger partial charge in [-0.25, -0.2) is 0 Å². The molecular weight excluding hydrogens is 235 g/mol. The highest BCUT2D eigenvalue weighted by Gasteiger charge is 2.34. The Hall–Kier alpha value is -1.24. The summed E-state index contributed by atoms with van der Waals surface area (Å²) in [5.74, 6) is -0.964. The molecule has 0 aliphatic rings. The quantitative estimate of drug-likeness (QED) is 0.800. The van der Waals surface area contributed by atoms with Gasteiger partial charge in [0.25, 0.3) is 0 Å². The summed E-state index contributed by atoms with van der Waals surface area (Å²) in [6.07, 6.45) is -4.53. The molecule has 0 spiro atoms. The van der Waals surface area contributed by atoms with Gasteiger partial charge in [-0.3, -0.25) is 9.48 Å². The lowest BCUT2D eigenvalue weighted by Gasteiger charge is -2.00. The summed E-state index contributed by atoms with van der Waals surface area (Å²) in [5, 5.41) is 5.39. The van der Waals surface area contributed by atoms with E-state index in [4.69, 9.17) is 11.6 Å². The van der Waals surface area contributed by atoms with Gasteiger partial charge in [0.1, 0.15) is 11.7 Å². The molecule has 0 saturated heterocycles. The summed E-state index contributed by atoms with van der Waals surface area (Å²) >= 11 is 5.19. The Morgan fingerprint density at radius 1 is 1.67 bits per heavy atom. The van der Waals surface area contributed by atoms with Crippen LogP contribution in [0, 0.1) is 0 Å².